The third-order valence-electron chi connectivity index (χ3n) is 5.54. The van der Waals surface area contributed by atoms with Gasteiger partial charge in [-0.05, 0) is 42.0 Å². The van der Waals surface area contributed by atoms with E-state index in [1.165, 1.54) is 7.11 Å². The molecule has 1 fully saturated rings. The maximum Gasteiger partial charge on any atom is 0.406 e. The highest BCUT2D eigenvalue weighted by molar-refractivity contribution is 6.37. The van der Waals surface area contributed by atoms with Crippen molar-refractivity contribution in [1.29, 1.82) is 0 Å². The van der Waals surface area contributed by atoms with Crippen LogP contribution in [0.3, 0.4) is 0 Å². The van der Waals surface area contributed by atoms with Gasteiger partial charge in [-0.1, -0.05) is 49.4 Å². The van der Waals surface area contributed by atoms with E-state index < -0.39 is 12.1 Å². The van der Waals surface area contributed by atoms with Gasteiger partial charge in [0.15, 0.2) is 0 Å². The van der Waals surface area contributed by atoms with Crippen molar-refractivity contribution < 1.29 is 19.1 Å². The fraction of sp³-hybridized carbons (Fsp3) is 0.375. The summed E-state index contributed by atoms with van der Waals surface area (Å²) in [5, 5.41) is 2.59. The Balaban J connectivity index is 1.66. The second-order valence-electron chi connectivity index (χ2n) is 7.96. The van der Waals surface area contributed by atoms with E-state index in [2.05, 4.69) is 10.1 Å². The minimum absolute atomic E-state index is 0.0902. The highest BCUT2D eigenvalue weighted by Crippen LogP contribution is 2.29. The first kappa shape index (κ1) is 23.6. The number of carbonyl (C=O) groups is 3. The molecule has 1 heterocycles. The number of amides is 3. The fourth-order valence-electron chi connectivity index (χ4n) is 3.84. The number of nitrogens with zero attached hydrogens (tertiary/aromatic N) is 2. The minimum atomic E-state index is -0.596. The van der Waals surface area contributed by atoms with Gasteiger partial charge in [0.25, 0.3) is 5.91 Å². The molecule has 0 radical (unpaired) electrons. The number of anilines is 1. The number of methoxy groups -OCH3 is 1. The Bertz CT molecular complexity index is 953. The van der Waals surface area contributed by atoms with Crippen molar-refractivity contribution in [1.82, 2.24) is 10.2 Å². The molecular formula is C24H28ClN3O4. The summed E-state index contributed by atoms with van der Waals surface area (Å²) in [6, 6.07) is 16.7. The third-order valence-corrected chi connectivity index (χ3v) is 5.90. The molecule has 0 aromatic heterocycles. The zero-order valence-corrected chi connectivity index (χ0v) is 19.0. The normalized spacial score (nSPS) is 16.3. The van der Waals surface area contributed by atoms with Gasteiger partial charge in [0.1, 0.15) is 6.04 Å². The van der Waals surface area contributed by atoms with E-state index in [-0.39, 0.29) is 24.2 Å². The lowest BCUT2D eigenvalue weighted by Crippen LogP contribution is -2.46. The lowest BCUT2D eigenvalue weighted by Gasteiger charge is -2.27. The summed E-state index contributed by atoms with van der Waals surface area (Å²) in [5.41, 5.74) is 2.54. The quantitative estimate of drug-likeness (QED) is 0.631. The van der Waals surface area contributed by atoms with Crippen LogP contribution in [0.5, 0.6) is 0 Å². The Hall–Kier alpha value is -3.06. The Morgan fingerprint density at radius 3 is 2.59 bits per heavy atom. The first-order valence-corrected chi connectivity index (χ1v) is 11.0. The van der Waals surface area contributed by atoms with E-state index in [0.717, 1.165) is 22.0 Å². The monoisotopic (exact) mass is 457 g/mol. The van der Waals surface area contributed by atoms with Crippen LogP contribution in [0.4, 0.5) is 10.5 Å². The molecule has 2 aromatic carbocycles. The maximum atomic E-state index is 13.2. The summed E-state index contributed by atoms with van der Waals surface area (Å²) < 4.78 is 5.66. The van der Waals surface area contributed by atoms with Gasteiger partial charge in [-0.3, -0.25) is 9.59 Å². The topological polar surface area (TPSA) is 79.0 Å². The molecule has 0 saturated carbocycles. The summed E-state index contributed by atoms with van der Waals surface area (Å²) >= 11 is 6.46. The van der Waals surface area contributed by atoms with Gasteiger partial charge < -0.3 is 15.0 Å². The van der Waals surface area contributed by atoms with Gasteiger partial charge in [-0.15, -0.1) is 0 Å². The van der Waals surface area contributed by atoms with E-state index in [1.807, 2.05) is 55.5 Å². The molecule has 1 aliphatic heterocycles. The maximum absolute atomic E-state index is 13.2. The number of ether oxygens (including phenoxy) is 1. The second kappa shape index (κ2) is 11.0. The number of alkyl carbamates (subject to hydrolysis) is 1. The smallest absolute Gasteiger partial charge is 0.406 e. The molecule has 3 rings (SSSR count). The van der Waals surface area contributed by atoms with Crippen LogP contribution in [-0.2, 0) is 14.3 Å². The molecule has 32 heavy (non-hydrogen) atoms. The highest BCUT2D eigenvalue weighted by Gasteiger charge is 2.37. The molecule has 1 aliphatic rings. The Kier molecular flexibility index (Phi) is 8.11. The standard InChI is InChI=1S/C24H28ClN3O4/c1-17(16-26-24(31)32-2)14-22(29)27-13-7-12-21(27)23(30)28(25)20-11-6-10-19(15-20)18-8-4-3-5-9-18/h3-6,8-11,15,17,21H,7,12-14,16H2,1-2H3,(H,26,31). The minimum Gasteiger partial charge on any atom is -0.453 e. The number of halogens is 1. The molecule has 0 aliphatic carbocycles. The molecular weight excluding hydrogens is 430 g/mol. The third kappa shape index (κ3) is 5.79. The van der Waals surface area contributed by atoms with Crippen LogP contribution in [-0.4, -0.2) is 49.0 Å². The van der Waals surface area contributed by atoms with Crippen molar-refractivity contribution in [2.24, 2.45) is 5.92 Å². The summed E-state index contributed by atoms with van der Waals surface area (Å²) in [6.45, 7) is 2.70. The second-order valence-corrected chi connectivity index (χ2v) is 8.30. The summed E-state index contributed by atoms with van der Waals surface area (Å²) in [7, 11) is 1.29. The number of carbonyl (C=O) groups excluding carboxylic acids is 3. The van der Waals surface area contributed by atoms with E-state index in [0.29, 0.717) is 25.2 Å². The Morgan fingerprint density at radius 2 is 1.88 bits per heavy atom. The molecule has 3 amide bonds. The van der Waals surface area contributed by atoms with E-state index >= 15 is 0 Å². The summed E-state index contributed by atoms with van der Waals surface area (Å²) in [5.74, 6) is -0.529. The molecule has 0 bridgehead atoms. The zero-order chi connectivity index (χ0) is 23.1. The highest BCUT2D eigenvalue weighted by atomic mass is 35.5. The van der Waals surface area contributed by atoms with Gasteiger partial charge >= 0.3 is 6.09 Å². The van der Waals surface area contributed by atoms with Crippen molar-refractivity contribution >= 4 is 35.4 Å². The molecule has 170 valence electrons. The Morgan fingerprint density at radius 1 is 1.16 bits per heavy atom. The number of hydrogen-bond acceptors (Lipinski definition) is 4. The molecule has 2 unspecified atom stereocenters. The van der Waals surface area contributed by atoms with Crippen LogP contribution >= 0.6 is 11.8 Å². The number of hydrogen-bond donors (Lipinski definition) is 1. The van der Waals surface area contributed by atoms with Gasteiger partial charge in [-0.25, -0.2) is 9.21 Å². The number of likely N-dealkylation sites (tertiary alicyclic amines) is 1. The first-order chi connectivity index (χ1) is 15.4. The average molecular weight is 458 g/mol. The van der Waals surface area contributed by atoms with E-state index in [4.69, 9.17) is 11.8 Å². The van der Waals surface area contributed by atoms with Crippen LogP contribution in [0.15, 0.2) is 54.6 Å². The lowest BCUT2D eigenvalue weighted by atomic mass is 10.0. The zero-order valence-electron chi connectivity index (χ0n) is 18.3. The number of benzene rings is 2. The van der Waals surface area contributed by atoms with Crippen LogP contribution in [0, 0.1) is 5.92 Å². The van der Waals surface area contributed by atoms with E-state index in [9.17, 15) is 14.4 Å². The Labute approximate surface area is 193 Å². The fourth-order valence-corrected chi connectivity index (χ4v) is 4.05. The van der Waals surface area contributed by atoms with Gasteiger partial charge in [0.2, 0.25) is 5.91 Å². The van der Waals surface area contributed by atoms with Gasteiger partial charge in [0.05, 0.1) is 12.8 Å². The summed E-state index contributed by atoms with van der Waals surface area (Å²) in [4.78, 5) is 38.9. The van der Waals surface area contributed by atoms with E-state index in [1.54, 1.807) is 11.0 Å². The van der Waals surface area contributed by atoms with Crippen LogP contribution in [0.25, 0.3) is 11.1 Å². The molecule has 8 heteroatoms. The molecule has 7 nitrogen and oxygen atoms in total. The molecule has 2 aromatic rings. The molecule has 1 saturated heterocycles. The first-order valence-electron chi connectivity index (χ1n) is 10.7. The average Bonchev–Trinajstić information content (AvgIpc) is 3.32. The van der Waals surface area contributed by atoms with Crippen molar-refractivity contribution in [3.8, 4) is 11.1 Å². The van der Waals surface area contributed by atoms with Crippen molar-refractivity contribution in [2.75, 3.05) is 24.6 Å². The van der Waals surface area contributed by atoms with Crippen molar-refractivity contribution in [3.63, 3.8) is 0 Å². The van der Waals surface area contributed by atoms with Gasteiger partial charge in [-0.2, -0.15) is 0 Å². The molecule has 1 N–H and O–H groups in total. The SMILES string of the molecule is COC(=O)NCC(C)CC(=O)N1CCCC1C(=O)N(Cl)c1cccc(-c2ccccc2)c1. The predicted molar refractivity (Wildman–Crippen MR) is 124 cm³/mol. The summed E-state index contributed by atoms with van der Waals surface area (Å²) in [6.07, 6.45) is 1.00. The predicted octanol–water partition coefficient (Wildman–Crippen LogP) is 4.21. The molecule has 0 spiro atoms. The number of nitrogens with one attached hydrogen (secondary N) is 1. The largest absolute Gasteiger partial charge is 0.453 e. The van der Waals surface area contributed by atoms with Crippen LogP contribution in [0.2, 0.25) is 0 Å². The lowest BCUT2D eigenvalue weighted by molar-refractivity contribution is -0.137. The van der Waals surface area contributed by atoms with Crippen molar-refractivity contribution in [3.05, 3.63) is 54.6 Å². The van der Waals surface area contributed by atoms with Crippen LogP contribution < -0.4 is 9.74 Å². The van der Waals surface area contributed by atoms with Gasteiger partial charge in [0, 0.05) is 31.3 Å². The van der Waals surface area contributed by atoms with Crippen LogP contribution in [0.1, 0.15) is 26.2 Å². The number of rotatable bonds is 7. The van der Waals surface area contributed by atoms with Crippen molar-refractivity contribution in [2.45, 2.75) is 32.2 Å². The molecule has 2 atom stereocenters.